The highest BCUT2D eigenvalue weighted by molar-refractivity contribution is 5.46. The van der Waals surface area contributed by atoms with Gasteiger partial charge in [-0.2, -0.15) is 0 Å². The fourth-order valence-electron chi connectivity index (χ4n) is 2.00. The first-order chi connectivity index (χ1) is 9.19. The molecule has 100 valence electrons. The van der Waals surface area contributed by atoms with Crippen LogP contribution in [0.25, 0.3) is 0 Å². The molecule has 0 heterocycles. The third-order valence-corrected chi connectivity index (χ3v) is 3.57. The van der Waals surface area contributed by atoms with E-state index in [4.69, 9.17) is 5.73 Å². The van der Waals surface area contributed by atoms with Crippen molar-refractivity contribution in [2.24, 2.45) is 0 Å². The maximum Gasteiger partial charge on any atom is 0.0400 e. The van der Waals surface area contributed by atoms with Gasteiger partial charge in [0.25, 0.3) is 0 Å². The van der Waals surface area contributed by atoms with Crippen molar-refractivity contribution in [3.8, 4) is 0 Å². The minimum Gasteiger partial charge on any atom is -0.399 e. The number of hydrogen-bond acceptors (Lipinski definition) is 2. The summed E-state index contributed by atoms with van der Waals surface area (Å²) in [6.45, 7) is 5.30. The molecule has 0 bridgehead atoms. The first-order valence-corrected chi connectivity index (χ1v) is 6.87. The van der Waals surface area contributed by atoms with Gasteiger partial charge in [-0.1, -0.05) is 38.1 Å². The molecule has 1 atom stereocenters. The van der Waals surface area contributed by atoms with Crippen molar-refractivity contribution >= 4 is 11.4 Å². The van der Waals surface area contributed by atoms with E-state index in [2.05, 4.69) is 55.6 Å². The summed E-state index contributed by atoms with van der Waals surface area (Å²) in [4.78, 5) is 0. The van der Waals surface area contributed by atoms with E-state index in [1.165, 1.54) is 17.5 Å². The predicted octanol–water partition coefficient (Wildman–Crippen LogP) is 4.39. The fraction of sp³-hybridized carbons (Fsp3) is 0.294. The molecular weight excluding hydrogens is 232 g/mol. The van der Waals surface area contributed by atoms with Crippen LogP contribution in [0.2, 0.25) is 0 Å². The van der Waals surface area contributed by atoms with Crippen LogP contribution in [0.4, 0.5) is 11.4 Å². The molecule has 1 unspecified atom stereocenters. The molecule has 0 amide bonds. The van der Waals surface area contributed by atoms with E-state index in [1.807, 2.05) is 12.1 Å². The van der Waals surface area contributed by atoms with Crippen LogP contribution in [0, 0.1) is 0 Å². The van der Waals surface area contributed by atoms with Crippen LogP contribution in [0.3, 0.4) is 0 Å². The lowest BCUT2D eigenvalue weighted by molar-refractivity contribution is 0.734. The van der Waals surface area contributed by atoms with Crippen molar-refractivity contribution in [3.05, 3.63) is 59.7 Å². The van der Waals surface area contributed by atoms with Crippen LogP contribution >= 0.6 is 0 Å². The van der Waals surface area contributed by atoms with Gasteiger partial charge >= 0.3 is 0 Å². The van der Waals surface area contributed by atoms with Crippen LogP contribution in [-0.4, -0.2) is 0 Å². The lowest BCUT2D eigenvalue weighted by atomic mass is 9.99. The number of nitrogen functional groups attached to an aromatic ring is 1. The summed E-state index contributed by atoms with van der Waals surface area (Å²) < 4.78 is 0. The zero-order valence-corrected chi connectivity index (χ0v) is 11.7. The Bertz CT molecular complexity index is 500. The van der Waals surface area contributed by atoms with E-state index in [0.29, 0.717) is 5.92 Å². The molecule has 19 heavy (non-hydrogen) atoms. The van der Waals surface area contributed by atoms with E-state index < -0.39 is 0 Å². The Morgan fingerprint density at radius 1 is 1.00 bits per heavy atom. The summed E-state index contributed by atoms with van der Waals surface area (Å²) in [7, 11) is 0. The Morgan fingerprint density at radius 3 is 2.21 bits per heavy atom. The molecule has 0 fully saturated rings. The highest BCUT2D eigenvalue weighted by Crippen LogP contribution is 2.20. The summed E-state index contributed by atoms with van der Waals surface area (Å²) in [5, 5.41) is 3.42. The number of hydrogen-bond donors (Lipinski definition) is 2. The molecule has 3 N–H and O–H groups in total. The quantitative estimate of drug-likeness (QED) is 0.776. The Morgan fingerprint density at radius 2 is 1.63 bits per heavy atom. The summed E-state index contributed by atoms with van der Waals surface area (Å²) in [6.07, 6.45) is 1.18. The highest BCUT2D eigenvalue weighted by Gasteiger charge is 2.02. The van der Waals surface area contributed by atoms with Gasteiger partial charge in [0, 0.05) is 17.9 Å². The first kappa shape index (κ1) is 13.5. The van der Waals surface area contributed by atoms with E-state index in [0.717, 1.165) is 17.9 Å². The summed E-state index contributed by atoms with van der Waals surface area (Å²) >= 11 is 0. The zero-order chi connectivity index (χ0) is 13.7. The van der Waals surface area contributed by atoms with Crippen molar-refractivity contribution < 1.29 is 0 Å². The molecule has 0 aliphatic heterocycles. The molecule has 0 saturated carbocycles. The lowest BCUT2D eigenvalue weighted by Gasteiger charge is -2.11. The summed E-state index contributed by atoms with van der Waals surface area (Å²) in [5.74, 6) is 0.631. The first-order valence-electron chi connectivity index (χ1n) is 6.87. The van der Waals surface area contributed by atoms with Gasteiger partial charge in [-0.05, 0) is 47.7 Å². The molecule has 2 nitrogen and oxygen atoms in total. The maximum atomic E-state index is 5.67. The van der Waals surface area contributed by atoms with Gasteiger partial charge in [0.05, 0.1) is 0 Å². The van der Waals surface area contributed by atoms with Crippen LogP contribution in [0.5, 0.6) is 0 Å². The van der Waals surface area contributed by atoms with Crippen molar-refractivity contribution in [2.75, 3.05) is 11.1 Å². The van der Waals surface area contributed by atoms with Gasteiger partial charge in [-0.15, -0.1) is 0 Å². The molecule has 2 heteroatoms. The van der Waals surface area contributed by atoms with E-state index in [9.17, 15) is 0 Å². The molecule has 0 aromatic heterocycles. The molecule has 2 aromatic rings. The molecular formula is C17H22N2. The molecule has 0 saturated heterocycles. The molecule has 2 aromatic carbocycles. The molecule has 0 radical (unpaired) electrons. The second kappa shape index (κ2) is 6.28. The van der Waals surface area contributed by atoms with Crippen molar-refractivity contribution in [1.29, 1.82) is 0 Å². The van der Waals surface area contributed by atoms with Gasteiger partial charge in [-0.25, -0.2) is 0 Å². The average molecular weight is 254 g/mol. The van der Waals surface area contributed by atoms with Crippen LogP contribution in [0.1, 0.15) is 37.3 Å². The SMILES string of the molecule is CCC(C)c1ccc(NCc2ccc(N)cc2)cc1. The number of anilines is 2. The second-order valence-electron chi connectivity index (χ2n) is 5.03. The van der Waals surface area contributed by atoms with E-state index in [-0.39, 0.29) is 0 Å². The van der Waals surface area contributed by atoms with Crippen LogP contribution < -0.4 is 11.1 Å². The number of rotatable bonds is 5. The minimum absolute atomic E-state index is 0.631. The van der Waals surface area contributed by atoms with E-state index in [1.54, 1.807) is 0 Å². The number of benzene rings is 2. The fourth-order valence-corrected chi connectivity index (χ4v) is 2.00. The normalized spacial score (nSPS) is 12.1. The van der Waals surface area contributed by atoms with Gasteiger partial charge in [-0.3, -0.25) is 0 Å². The van der Waals surface area contributed by atoms with E-state index >= 15 is 0 Å². The van der Waals surface area contributed by atoms with Gasteiger partial charge in [0.15, 0.2) is 0 Å². The molecule has 0 spiro atoms. The van der Waals surface area contributed by atoms with Gasteiger partial charge in [0.2, 0.25) is 0 Å². The summed E-state index contributed by atoms with van der Waals surface area (Å²) in [5.41, 5.74) is 10.3. The van der Waals surface area contributed by atoms with Crippen molar-refractivity contribution in [1.82, 2.24) is 0 Å². The van der Waals surface area contributed by atoms with Crippen LogP contribution in [0.15, 0.2) is 48.5 Å². The molecule has 2 rings (SSSR count). The zero-order valence-electron chi connectivity index (χ0n) is 11.7. The standard InChI is InChI=1S/C17H22N2/c1-3-13(2)15-6-10-17(11-7-15)19-12-14-4-8-16(18)9-5-14/h4-11,13,19H,3,12,18H2,1-2H3. The monoisotopic (exact) mass is 254 g/mol. The molecule has 0 aliphatic rings. The Hall–Kier alpha value is -1.96. The van der Waals surface area contributed by atoms with Gasteiger partial charge < -0.3 is 11.1 Å². The number of nitrogens with two attached hydrogens (primary N) is 1. The summed E-state index contributed by atoms with van der Waals surface area (Å²) in [6, 6.07) is 16.7. The maximum absolute atomic E-state index is 5.67. The topological polar surface area (TPSA) is 38.0 Å². The largest absolute Gasteiger partial charge is 0.399 e. The highest BCUT2D eigenvalue weighted by atomic mass is 14.9. The van der Waals surface area contributed by atoms with Crippen molar-refractivity contribution in [3.63, 3.8) is 0 Å². The third kappa shape index (κ3) is 3.75. The molecule has 0 aliphatic carbocycles. The smallest absolute Gasteiger partial charge is 0.0400 e. The van der Waals surface area contributed by atoms with Crippen molar-refractivity contribution in [2.45, 2.75) is 32.7 Å². The average Bonchev–Trinajstić information content (AvgIpc) is 2.46. The Kier molecular flexibility index (Phi) is 4.45. The number of nitrogens with one attached hydrogen (secondary N) is 1. The lowest BCUT2D eigenvalue weighted by Crippen LogP contribution is -2.00. The Balaban J connectivity index is 1.94. The Labute approximate surface area is 115 Å². The second-order valence-corrected chi connectivity index (χ2v) is 5.03. The minimum atomic E-state index is 0.631. The van der Waals surface area contributed by atoms with Crippen LogP contribution in [-0.2, 0) is 6.54 Å². The predicted molar refractivity (Wildman–Crippen MR) is 83.3 cm³/mol. The third-order valence-electron chi connectivity index (χ3n) is 3.57. The van der Waals surface area contributed by atoms with Gasteiger partial charge in [0.1, 0.15) is 0 Å².